The second kappa shape index (κ2) is 5.56. The van der Waals surface area contributed by atoms with Gasteiger partial charge in [-0.15, -0.1) is 0 Å². The normalized spacial score (nSPS) is 10.7. The summed E-state index contributed by atoms with van der Waals surface area (Å²) in [6.07, 6.45) is 1.14. The number of hydrogen-bond donors (Lipinski definition) is 2. The average Bonchev–Trinajstić information content (AvgIpc) is 2.86. The van der Waals surface area contributed by atoms with Crippen LogP contribution in [0.1, 0.15) is 41.7 Å². The van der Waals surface area contributed by atoms with Crippen molar-refractivity contribution in [3.05, 3.63) is 47.7 Å². The van der Waals surface area contributed by atoms with E-state index in [4.69, 9.17) is 9.52 Å². The molecule has 1 heterocycles. The molecule has 100 valence electrons. The van der Waals surface area contributed by atoms with Gasteiger partial charge in [-0.1, -0.05) is 26.0 Å². The first-order valence-corrected chi connectivity index (χ1v) is 6.08. The molecule has 0 aliphatic rings. The molecule has 1 aromatic carbocycles. The predicted molar refractivity (Wildman–Crippen MR) is 71.3 cm³/mol. The number of benzene rings is 1. The van der Waals surface area contributed by atoms with E-state index in [2.05, 4.69) is 36.3 Å². The Morgan fingerprint density at radius 1 is 1.37 bits per heavy atom. The number of anilines is 1. The van der Waals surface area contributed by atoms with Gasteiger partial charge in [0.2, 0.25) is 5.89 Å². The molecular formula is C14H16N2O3. The summed E-state index contributed by atoms with van der Waals surface area (Å²) in [6.45, 7) is 4.64. The third kappa shape index (κ3) is 3.34. The van der Waals surface area contributed by atoms with Crippen LogP contribution < -0.4 is 5.32 Å². The molecule has 2 aromatic rings. The zero-order valence-electron chi connectivity index (χ0n) is 10.9. The van der Waals surface area contributed by atoms with E-state index in [-0.39, 0.29) is 5.69 Å². The van der Waals surface area contributed by atoms with E-state index >= 15 is 0 Å². The van der Waals surface area contributed by atoms with Crippen LogP contribution in [0.5, 0.6) is 0 Å². The fourth-order valence-electron chi connectivity index (χ4n) is 1.65. The summed E-state index contributed by atoms with van der Waals surface area (Å²) >= 11 is 0. The van der Waals surface area contributed by atoms with Gasteiger partial charge in [0.1, 0.15) is 6.26 Å². The van der Waals surface area contributed by atoms with Gasteiger partial charge in [-0.25, -0.2) is 9.78 Å². The minimum atomic E-state index is -1.09. The highest BCUT2D eigenvalue weighted by Crippen LogP contribution is 2.17. The Hall–Kier alpha value is -2.30. The van der Waals surface area contributed by atoms with Crippen molar-refractivity contribution in [1.29, 1.82) is 0 Å². The topological polar surface area (TPSA) is 75.4 Å². The summed E-state index contributed by atoms with van der Waals surface area (Å²) in [5, 5.41) is 11.9. The molecule has 5 nitrogen and oxygen atoms in total. The van der Waals surface area contributed by atoms with Crippen LogP contribution in [0.4, 0.5) is 5.69 Å². The lowest BCUT2D eigenvalue weighted by atomic mass is 10.0. The Balaban J connectivity index is 1.96. The van der Waals surface area contributed by atoms with Crippen molar-refractivity contribution in [3.63, 3.8) is 0 Å². The van der Waals surface area contributed by atoms with E-state index in [0.717, 1.165) is 12.0 Å². The molecule has 2 N–H and O–H groups in total. The van der Waals surface area contributed by atoms with Crippen LogP contribution in [0.2, 0.25) is 0 Å². The summed E-state index contributed by atoms with van der Waals surface area (Å²) in [5.41, 5.74) is 2.14. The lowest BCUT2D eigenvalue weighted by Gasteiger charge is -2.07. The van der Waals surface area contributed by atoms with Crippen molar-refractivity contribution >= 4 is 11.7 Å². The maximum atomic E-state index is 10.6. The van der Waals surface area contributed by atoms with Crippen molar-refractivity contribution < 1.29 is 14.3 Å². The number of aromatic carboxylic acids is 1. The van der Waals surface area contributed by atoms with Gasteiger partial charge >= 0.3 is 5.97 Å². The molecule has 0 bridgehead atoms. The monoisotopic (exact) mass is 260 g/mol. The van der Waals surface area contributed by atoms with Crippen LogP contribution in [0, 0.1) is 0 Å². The van der Waals surface area contributed by atoms with E-state index in [0.29, 0.717) is 18.4 Å². The van der Waals surface area contributed by atoms with Crippen LogP contribution in [-0.4, -0.2) is 16.1 Å². The van der Waals surface area contributed by atoms with Crippen LogP contribution in [0.15, 0.2) is 34.9 Å². The molecule has 0 atom stereocenters. The summed E-state index contributed by atoms with van der Waals surface area (Å²) in [6, 6.07) is 8.09. The fraction of sp³-hybridized carbons (Fsp3) is 0.286. The van der Waals surface area contributed by atoms with Crippen molar-refractivity contribution in [3.8, 4) is 0 Å². The van der Waals surface area contributed by atoms with Gasteiger partial charge in [0.05, 0.1) is 6.54 Å². The Morgan fingerprint density at radius 3 is 2.58 bits per heavy atom. The number of carboxylic acid groups (broad SMARTS) is 1. The van der Waals surface area contributed by atoms with E-state index in [9.17, 15) is 4.79 Å². The van der Waals surface area contributed by atoms with Crippen molar-refractivity contribution in [2.24, 2.45) is 0 Å². The van der Waals surface area contributed by atoms with Gasteiger partial charge in [-0.05, 0) is 23.6 Å². The second-order valence-electron chi connectivity index (χ2n) is 4.56. The van der Waals surface area contributed by atoms with Crippen molar-refractivity contribution in [2.75, 3.05) is 5.32 Å². The first-order chi connectivity index (χ1) is 9.06. The number of aromatic nitrogens is 1. The molecule has 5 heteroatoms. The Morgan fingerprint density at radius 2 is 2.05 bits per heavy atom. The van der Waals surface area contributed by atoms with Crippen molar-refractivity contribution in [1.82, 2.24) is 4.98 Å². The first-order valence-electron chi connectivity index (χ1n) is 6.08. The summed E-state index contributed by atoms with van der Waals surface area (Å²) < 4.78 is 5.06. The third-order valence-corrected chi connectivity index (χ3v) is 2.79. The Kier molecular flexibility index (Phi) is 3.85. The SMILES string of the molecule is CC(C)c1ccc(NCc2nc(C(=O)O)co2)cc1. The molecule has 0 fully saturated rings. The maximum Gasteiger partial charge on any atom is 0.357 e. The summed E-state index contributed by atoms with van der Waals surface area (Å²) in [4.78, 5) is 14.5. The third-order valence-electron chi connectivity index (χ3n) is 2.79. The molecule has 0 saturated heterocycles. The van der Waals surface area contributed by atoms with Gasteiger partial charge < -0.3 is 14.8 Å². The number of nitrogens with one attached hydrogen (secondary N) is 1. The lowest BCUT2D eigenvalue weighted by molar-refractivity contribution is 0.0690. The molecular weight excluding hydrogens is 244 g/mol. The number of oxazole rings is 1. The lowest BCUT2D eigenvalue weighted by Crippen LogP contribution is -2.02. The smallest absolute Gasteiger partial charge is 0.357 e. The molecule has 0 unspecified atom stereocenters. The zero-order chi connectivity index (χ0) is 13.8. The van der Waals surface area contributed by atoms with E-state index in [1.54, 1.807) is 0 Å². The predicted octanol–water partition coefficient (Wildman–Crippen LogP) is 3.11. The Bertz CT molecular complexity index is 558. The molecule has 0 radical (unpaired) electrons. The Labute approximate surface area is 111 Å². The largest absolute Gasteiger partial charge is 0.476 e. The minimum Gasteiger partial charge on any atom is -0.476 e. The van der Waals surface area contributed by atoms with E-state index in [1.165, 1.54) is 5.56 Å². The van der Waals surface area contributed by atoms with Crippen LogP contribution >= 0.6 is 0 Å². The van der Waals surface area contributed by atoms with Gasteiger partial charge in [-0.2, -0.15) is 0 Å². The molecule has 0 aliphatic carbocycles. The van der Waals surface area contributed by atoms with Crippen LogP contribution in [0.3, 0.4) is 0 Å². The van der Waals surface area contributed by atoms with E-state index in [1.807, 2.05) is 12.1 Å². The highest BCUT2D eigenvalue weighted by Gasteiger charge is 2.09. The fourth-order valence-corrected chi connectivity index (χ4v) is 1.65. The number of carboxylic acids is 1. The highest BCUT2D eigenvalue weighted by atomic mass is 16.4. The molecule has 0 spiro atoms. The first kappa shape index (κ1) is 13.1. The molecule has 0 aliphatic heterocycles. The molecule has 0 saturated carbocycles. The second-order valence-corrected chi connectivity index (χ2v) is 4.56. The summed E-state index contributed by atoms with van der Waals surface area (Å²) in [5.74, 6) is -0.236. The molecule has 2 rings (SSSR count). The quantitative estimate of drug-likeness (QED) is 0.863. The number of rotatable bonds is 5. The minimum absolute atomic E-state index is 0.0769. The average molecular weight is 260 g/mol. The standard InChI is InChI=1S/C14H16N2O3/c1-9(2)10-3-5-11(6-4-10)15-7-13-16-12(8-19-13)14(17)18/h3-6,8-9,15H,7H2,1-2H3,(H,17,18). The highest BCUT2D eigenvalue weighted by molar-refractivity contribution is 5.84. The maximum absolute atomic E-state index is 10.6. The molecule has 1 aromatic heterocycles. The van der Waals surface area contributed by atoms with Gasteiger partial charge in [0, 0.05) is 5.69 Å². The van der Waals surface area contributed by atoms with Crippen molar-refractivity contribution in [2.45, 2.75) is 26.3 Å². The van der Waals surface area contributed by atoms with Gasteiger partial charge in [0.15, 0.2) is 5.69 Å². The van der Waals surface area contributed by atoms with Gasteiger partial charge in [0.25, 0.3) is 0 Å². The summed E-state index contributed by atoms with van der Waals surface area (Å²) in [7, 11) is 0. The van der Waals surface area contributed by atoms with Crippen LogP contribution in [0.25, 0.3) is 0 Å². The molecule has 0 amide bonds. The number of nitrogens with zero attached hydrogens (tertiary/aromatic N) is 1. The number of hydrogen-bond acceptors (Lipinski definition) is 4. The van der Waals surface area contributed by atoms with Crippen LogP contribution in [-0.2, 0) is 6.54 Å². The van der Waals surface area contributed by atoms with Gasteiger partial charge in [-0.3, -0.25) is 0 Å². The number of carbonyl (C=O) groups is 1. The molecule has 19 heavy (non-hydrogen) atoms. The van der Waals surface area contributed by atoms with E-state index < -0.39 is 5.97 Å². The zero-order valence-corrected chi connectivity index (χ0v) is 10.9.